The van der Waals surface area contributed by atoms with Crippen LogP contribution in [0.1, 0.15) is 5.56 Å². The molecule has 106 valence electrons. The summed E-state index contributed by atoms with van der Waals surface area (Å²) in [4.78, 5) is -0.383. The fourth-order valence-electron chi connectivity index (χ4n) is 1.75. The molecule has 20 heavy (non-hydrogen) atoms. The summed E-state index contributed by atoms with van der Waals surface area (Å²) in [6, 6.07) is 14.9. The van der Waals surface area contributed by atoms with E-state index in [0.29, 0.717) is 6.54 Å². The van der Waals surface area contributed by atoms with Crippen LogP contribution in [0.2, 0.25) is 0 Å². The number of benzene rings is 2. The minimum absolute atomic E-state index is 0.177. The minimum atomic E-state index is -4.61. The van der Waals surface area contributed by atoms with Gasteiger partial charge in [0.25, 0.3) is 0 Å². The van der Waals surface area contributed by atoms with Crippen LogP contribution >= 0.6 is 0 Å². The molecule has 0 saturated carbocycles. The molecule has 0 bridgehead atoms. The van der Waals surface area contributed by atoms with E-state index in [1.807, 2.05) is 30.3 Å². The van der Waals surface area contributed by atoms with Crippen LogP contribution in [0.25, 0.3) is 0 Å². The van der Waals surface area contributed by atoms with Crippen LogP contribution in [-0.4, -0.2) is 14.2 Å². The zero-order valence-electron chi connectivity index (χ0n) is 10.5. The number of para-hydroxylation sites is 1. The molecule has 0 amide bonds. The first-order valence-corrected chi connectivity index (χ1v) is 7.45. The molecular formula is C14H13F2NO2S. The Balaban J connectivity index is 2.25. The van der Waals surface area contributed by atoms with Crippen molar-refractivity contribution in [2.45, 2.75) is 17.2 Å². The van der Waals surface area contributed by atoms with Crippen LogP contribution in [0.15, 0.2) is 59.5 Å². The Bertz CT molecular complexity index is 673. The molecule has 0 unspecified atom stereocenters. The Morgan fingerprint density at radius 1 is 0.950 bits per heavy atom. The monoisotopic (exact) mass is 297 g/mol. The average Bonchev–Trinajstić information content (AvgIpc) is 2.46. The highest BCUT2D eigenvalue weighted by molar-refractivity contribution is 7.91. The predicted octanol–water partition coefficient (Wildman–Crippen LogP) is 3.30. The number of anilines is 1. The van der Waals surface area contributed by atoms with E-state index in [1.54, 1.807) is 6.07 Å². The van der Waals surface area contributed by atoms with Crippen molar-refractivity contribution in [3.8, 4) is 0 Å². The third-order valence-corrected chi connectivity index (χ3v) is 4.19. The lowest BCUT2D eigenvalue weighted by Crippen LogP contribution is -2.14. The predicted molar refractivity (Wildman–Crippen MR) is 73.4 cm³/mol. The number of hydrogen-bond acceptors (Lipinski definition) is 3. The van der Waals surface area contributed by atoms with E-state index in [2.05, 4.69) is 5.32 Å². The Kier molecular flexibility index (Phi) is 4.34. The van der Waals surface area contributed by atoms with E-state index in [-0.39, 0.29) is 10.6 Å². The van der Waals surface area contributed by atoms with Gasteiger partial charge in [-0.15, -0.1) is 0 Å². The molecule has 0 radical (unpaired) electrons. The summed E-state index contributed by atoms with van der Waals surface area (Å²) in [5, 5.41) is 2.88. The number of alkyl halides is 2. The standard InChI is InChI=1S/C14H13F2NO2S/c15-14(16)20(18,19)13-9-5-4-8-12(13)17-10-11-6-2-1-3-7-11/h1-9,14,17H,10H2. The highest BCUT2D eigenvalue weighted by Crippen LogP contribution is 2.26. The largest absolute Gasteiger partial charge is 0.380 e. The Morgan fingerprint density at radius 2 is 1.55 bits per heavy atom. The Morgan fingerprint density at radius 3 is 2.20 bits per heavy atom. The van der Waals surface area contributed by atoms with Gasteiger partial charge in [0.1, 0.15) is 0 Å². The van der Waals surface area contributed by atoms with E-state index >= 15 is 0 Å². The van der Waals surface area contributed by atoms with E-state index in [1.165, 1.54) is 18.2 Å². The number of sulfone groups is 1. The molecule has 2 aromatic rings. The first kappa shape index (κ1) is 14.5. The maximum atomic E-state index is 12.6. The van der Waals surface area contributed by atoms with Crippen molar-refractivity contribution in [2.24, 2.45) is 0 Å². The number of nitrogens with one attached hydrogen (secondary N) is 1. The zero-order valence-corrected chi connectivity index (χ0v) is 11.3. The van der Waals surface area contributed by atoms with Gasteiger partial charge in [-0.3, -0.25) is 0 Å². The second-order valence-electron chi connectivity index (χ2n) is 4.14. The molecule has 0 heterocycles. The van der Waals surface area contributed by atoms with E-state index in [0.717, 1.165) is 5.56 Å². The van der Waals surface area contributed by atoms with Gasteiger partial charge >= 0.3 is 5.76 Å². The van der Waals surface area contributed by atoms with Crippen molar-refractivity contribution >= 4 is 15.5 Å². The van der Waals surface area contributed by atoms with Crippen LogP contribution in [0, 0.1) is 0 Å². The molecule has 0 spiro atoms. The van der Waals surface area contributed by atoms with Crippen molar-refractivity contribution in [3.63, 3.8) is 0 Å². The molecule has 2 aromatic carbocycles. The molecule has 0 aromatic heterocycles. The van der Waals surface area contributed by atoms with Gasteiger partial charge in [-0.1, -0.05) is 42.5 Å². The van der Waals surface area contributed by atoms with Gasteiger partial charge in [0.2, 0.25) is 9.84 Å². The molecule has 0 saturated heterocycles. The van der Waals surface area contributed by atoms with E-state index in [4.69, 9.17) is 0 Å². The second-order valence-corrected chi connectivity index (χ2v) is 6.03. The summed E-state index contributed by atoms with van der Waals surface area (Å²) in [6.07, 6.45) is 0. The molecular weight excluding hydrogens is 284 g/mol. The third-order valence-electron chi connectivity index (χ3n) is 2.75. The molecule has 0 aliphatic heterocycles. The number of halogens is 2. The summed E-state index contributed by atoms with van der Waals surface area (Å²) in [6.45, 7) is 0.358. The SMILES string of the molecule is O=S(=O)(c1ccccc1NCc1ccccc1)C(F)F. The van der Waals surface area contributed by atoms with Crippen LogP contribution in [0.5, 0.6) is 0 Å². The van der Waals surface area contributed by atoms with Crippen LogP contribution < -0.4 is 5.32 Å². The van der Waals surface area contributed by atoms with Crippen LogP contribution in [-0.2, 0) is 16.4 Å². The highest BCUT2D eigenvalue weighted by Gasteiger charge is 2.28. The van der Waals surface area contributed by atoms with Gasteiger partial charge in [0, 0.05) is 6.54 Å². The topological polar surface area (TPSA) is 46.2 Å². The minimum Gasteiger partial charge on any atom is -0.380 e. The summed E-state index contributed by atoms with van der Waals surface area (Å²) in [5.41, 5.74) is 1.11. The lowest BCUT2D eigenvalue weighted by atomic mass is 10.2. The molecule has 0 atom stereocenters. The average molecular weight is 297 g/mol. The Hall–Kier alpha value is -1.95. The van der Waals surface area contributed by atoms with Gasteiger partial charge in [-0.05, 0) is 17.7 Å². The Labute approximate surface area is 116 Å². The maximum absolute atomic E-state index is 12.6. The van der Waals surface area contributed by atoms with Crippen molar-refractivity contribution in [1.29, 1.82) is 0 Å². The summed E-state index contributed by atoms with van der Waals surface area (Å²) in [5.74, 6) is -3.43. The molecule has 1 N–H and O–H groups in total. The molecule has 0 aliphatic carbocycles. The smallest absolute Gasteiger partial charge is 0.341 e. The van der Waals surface area contributed by atoms with Crippen molar-refractivity contribution < 1.29 is 17.2 Å². The van der Waals surface area contributed by atoms with Gasteiger partial charge in [0.05, 0.1) is 10.6 Å². The fraction of sp³-hybridized carbons (Fsp3) is 0.143. The van der Waals surface area contributed by atoms with Crippen LogP contribution in [0.3, 0.4) is 0 Å². The lowest BCUT2D eigenvalue weighted by Gasteiger charge is -2.12. The summed E-state index contributed by atoms with van der Waals surface area (Å²) in [7, 11) is -4.61. The zero-order chi connectivity index (χ0) is 14.6. The van der Waals surface area contributed by atoms with E-state index in [9.17, 15) is 17.2 Å². The third kappa shape index (κ3) is 3.14. The first-order valence-electron chi connectivity index (χ1n) is 5.90. The summed E-state index contributed by atoms with van der Waals surface area (Å²) < 4.78 is 48.4. The van der Waals surface area contributed by atoms with Crippen molar-refractivity contribution in [3.05, 3.63) is 60.2 Å². The van der Waals surface area contributed by atoms with E-state index < -0.39 is 15.6 Å². The molecule has 6 heteroatoms. The second kappa shape index (κ2) is 6.00. The fourth-order valence-corrected chi connectivity index (χ4v) is 2.66. The quantitative estimate of drug-likeness (QED) is 0.921. The van der Waals surface area contributed by atoms with Crippen molar-refractivity contribution in [1.82, 2.24) is 0 Å². The van der Waals surface area contributed by atoms with Crippen molar-refractivity contribution in [2.75, 3.05) is 5.32 Å². The van der Waals surface area contributed by atoms with Gasteiger partial charge < -0.3 is 5.32 Å². The van der Waals surface area contributed by atoms with Gasteiger partial charge in [0.15, 0.2) is 0 Å². The summed E-state index contributed by atoms with van der Waals surface area (Å²) >= 11 is 0. The maximum Gasteiger partial charge on any atom is 0.341 e. The first-order chi connectivity index (χ1) is 9.51. The lowest BCUT2D eigenvalue weighted by molar-refractivity contribution is 0.235. The van der Waals surface area contributed by atoms with Gasteiger partial charge in [-0.2, -0.15) is 8.78 Å². The molecule has 3 nitrogen and oxygen atoms in total. The molecule has 0 aliphatic rings. The number of hydrogen-bond donors (Lipinski definition) is 1. The normalized spacial score (nSPS) is 11.6. The van der Waals surface area contributed by atoms with Gasteiger partial charge in [-0.25, -0.2) is 8.42 Å². The van der Waals surface area contributed by atoms with Crippen LogP contribution in [0.4, 0.5) is 14.5 Å². The molecule has 0 fully saturated rings. The molecule has 2 rings (SSSR count). The number of rotatable bonds is 5. The highest BCUT2D eigenvalue weighted by atomic mass is 32.2.